The van der Waals surface area contributed by atoms with Gasteiger partial charge in [-0.05, 0) is 31.9 Å². The number of hydrogen-bond donors (Lipinski definition) is 2. The van der Waals surface area contributed by atoms with E-state index in [0.717, 1.165) is 5.56 Å². The van der Waals surface area contributed by atoms with Crippen LogP contribution in [-0.4, -0.2) is 23.7 Å². The smallest absolute Gasteiger partial charge is 0.244 e. The van der Waals surface area contributed by atoms with Gasteiger partial charge in [0.15, 0.2) is 0 Å². The molecule has 1 amide bonds. The SMILES string of the molecule is Cc1cccc(C=CC(=O)NCCC(C)O)c1. The van der Waals surface area contributed by atoms with Crippen molar-refractivity contribution in [3.8, 4) is 0 Å². The molecule has 1 atom stereocenters. The average molecular weight is 233 g/mol. The molecule has 17 heavy (non-hydrogen) atoms. The summed E-state index contributed by atoms with van der Waals surface area (Å²) in [5.41, 5.74) is 2.18. The summed E-state index contributed by atoms with van der Waals surface area (Å²) < 4.78 is 0. The highest BCUT2D eigenvalue weighted by atomic mass is 16.3. The third-order valence-corrected chi connectivity index (χ3v) is 2.33. The summed E-state index contributed by atoms with van der Waals surface area (Å²) in [6.45, 7) is 4.21. The molecular weight excluding hydrogens is 214 g/mol. The van der Waals surface area contributed by atoms with Crippen LogP contribution in [0.15, 0.2) is 30.3 Å². The summed E-state index contributed by atoms with van der Waals surface area (Å²) in [7, 11) is 0. The molecule has 3 nitrogen and oxygen atoms in total. The molecule has 0 radical (unpaired) electrons. The minimum atomic E-state index is -0.379. The predicted octanol–water partition coefficient (Wildman–Crippen LogP) is 1.90. The third-order valence-electron chi connectivity index (χ3n) is 2.33. The predicted molar refractivity (Wildman–Crippen MR) is 69.5 cm³/mol. The average Bonchev–Trinajstić information content (AvgIpc) is 2.26. The number of rotatable bonds is 5. The molecule has 2 N–H and O–H groups in total. The van der Waals surface area contributed by atoms with Crippen LogP contribution >= 0.6 is 0 Å². The molecule has 0 aromatic heterocycles. The maximum Gasteiger partial charge on any atom is 0.244 e. The van der Waals surface area contributed by atoms with E-state index in [4.69, 9.17) is 5.11 Å². The maximum atomic E-state index is 11.4. The Kier molecular flexibility index (Phi) is 5.43. The van der Waals surface area contributed by atoms with Crippen molar-refractivity contribution in [2.24, 2.45) is 0 Å². The fourth-order valence-corrected chi connectivity index (χ4v) is 1.41. The number of benzene rings is 1. The minimum absolute atomic E-state index is 0.132. The van der Waals surface area contributed by atoms with Crippen LogP contribution in [0.25, 0.3) is 6.08 Å². The van der Waals surface area contributed by atoms with E-state index in [-0.39, 0.29) is 12.0 Å². The normalized spacial score (nSPS) is 12.6. The molecule has 0 spiro atoms. The zero-order chi connectivity index (χ0) is 12.7. The van der Waals surface area contributed by atoms with E-state index in [1.54, 1.807) is 13.0 Å². The number of nitrogens with one attached hydrogen (secondary N) is 1. The van der Waals surface area contributed by atoms with Crippen molar-refractivity contribution in [1.29, 1.82) is 0 Å². The molecule has 92 valence electrons. The number of carbonyl (C=O) groups excluding carboxylic acids is 1. The van der Waals surface area contributed by atoms with Crippen LogP contribution in [0.2, 0.25) is 0 Å². The van der Waals surface area contributed by atoms with Crippen molar-refractivity contribution in [3.05, 3.63) is 41.5 Å². The minimum Gasteiger partial charge on any atom is -0.393 e. The molecule has 0 aliphatic rings. The number of hydrogen-bond acceptors (Lipinski definition) is 2. The molecule has 0 bridgehead atoms. The second kappa shape index (κ2) is 6.86. The molecule has 0 fully saturated rings. The van der Waals surface area contributed by atoms with E-state index >= 15 is 0 Å². The Balaban J connectivity index is 2.40. The highest BCUT2D eigenvalue weighted by Gasteiger charge is 1.97. The molecule has 0 aliphatic heterocycles. The summed E-state index contributed by atoms with van der Waals surface area (Å²) in [5, 5.41) is 11.7. The lowest BCUT2D eigenvalue weighted by Gasteiger charge is -2.04. The molecule has 3 heteroatoms. The van der Waals surface area contributed by atoms with Gasteiger partial charge in [-0.3, -0.25) is 4.79 Å². The van der Waals surface area contributed by atoms with Crippen molar-refractivity contribution in [3.63, 3.8) is 0 Å². The Morgan fingerprint density at radius 1 is 1.53 bits per heavy atom. The lowest BCUT2D eigenvalue weighted by molar-refractivity contribution is -0.116. The van der Waals surface area contributed by atoms with Gasteiger partial charge in [0, 0.05) is 12.6 Å². The molecule has 1 rings (SSSR count). The van der Waals surface area contributed by atoms with Gasteiger partial charge >= 0.3 is 0 Å². The van der Waals surface area contributed by atoms with Gasteiger partial charge in [-0.1, -0.05) is 29.8 Å². The van der Waals surface area contributed by atoms with Crippen LogP contribution in [0.3, 0.4) is 0 Å². The summed E-state index contributed by atoms with van der Waals surface area (Å²) in [4.78, 5) is 11.4. The van der Waals surface area contributed by atoms with Gasteiger partial charge in [-0.2, -0.15) is 0 Å². The van der Waals surface area contributed by atoms with Crippen molar-refractivity contribution < 1.29 is 9.90 Å². The van der Waals surface area contributed by atoms with Crippen LogP contribution in [-0.2, 0) is 4.79 Å². The van der Waals surface area contributed by atoms with E-state index in [0.29, 0.717) is 13.0 Å². The largest absolute Gasteiger partial charge is 0.393 e. The van der Waals surface area contributed by atoms with Crippen molar-refractivity contribution in [1.82, 2.24) is 5.32 Å². The first-order valence-corrected chi connectivity index (χ1v) is 5.78. The summed E-state index contributed by atoms with van der Waals surface area (Å²) in [6.07, 6.45) is 3.49. The van der Waals surface area contributed by atoms with Gasteiger partial charge in [-0.15, -0.1) is 0 Å². The maximum absolute atomic E-state index is 11.4. The molecule has 0 aliphatic carbocycles. The summed E-state index contributed by atoms with van der Waals surface area (Å²) >= 11 is 0. The molecule has 0 heterocycles. The van der Waals surface area contributed by atoms with E-state index < -0.39 is 0 Å². The van der Waals surface area contributed by atoms with Crippen LogP contribution in [0.1, 0.15) is 24.5 Å². The lowest BCUT2D eigenvalue weighted by Crippen LogP contribution is -2.24. The molecule has 1 aromatic rings. The van der Waals surface area contributed by atoms with E-state index in [1.165, 1.54) is 11.6 Å². The van der Waals surface area contributed by atoms with Crippen LogP contribution in [0.5, 0.6) is 0 Å². The number of aryl methyl sites for hydroxylation is 1. The number of aliphatic hydroxyl groups excluding tert-OH is 1. The lowest BCUT2D eigenvalue weighted by atomic mass is 10.1. The third kappa shape index (κ3) is 5.88. The fourth-order valence-electron chi connectivity index (χ4n) is 1.41. The zero-order valence-electron chi connectivity index (χ0n) is 10.3. The highest BCUT2D eigenvalue weighted by molar-refractivity contribution is 5.91. The molecule has 0 saturated heterocycles. The first kappa shape index (κ1) is 13.5. The summed E-state index contributed by atoms with van der Waals surface area (Å²) in [5.74, 6) is -0.132. The molecule has 0 saturated carbocycles. The van der Waals surface area contributed by atoms with Crippen molar-refractivity contribution in [2.75, 3.05) is 6.54 Å². The first-order valence-electron chi connectivity index (χ1n) is 5.78. The summed E-state index contributed by atoms with van der Waals surface area (Å²) in [6, 6.07) is 7.94. The Hall–Kier alpha value is -1.61. The standard InChI is InChI=1S/C14H19NO2/c1-11-4-3-5-13(10-11)6-7-14(17)15-9-8-12(2)16/h3-7,10,12,16H,8-9H2,1-2H3,(H,15,17). The van der Waals surface area contributed by atoms with E-state index in [1.807, 2.05) is 31.2 Å². The van der Waals surface area contributed by atoms with Gasteiger partial charge in [0.2, 0.25) is 5.91 Å². The fraction of sp³-hybridized carbons (Fsp3) is 0.357. The number of carbonyl (C=O) groups is 1. The number of amides is 1. The Morgan fingerprint density at radius 2 is 2.29 bits per heavy atom. The van der Waals surface area contributed by atoms with Crippen molar-refractivity contribution >= 4 is 12.0 Å². The molecular formula is C14H19NO2. The van der Waals surface area contributed by atoms with Crippen LogP contribution < -0.4 is 5.32 Å². The Bertz CT molecular complexity index is 397. The highest BCUT2D eigenvalue weighted by Crippen LogP contribution is 2.05. The molecule has 1 unspecified atom stereocenters. The van der Waals surface area contributed by atoms with Gasteiger partial charge in [-0.25, -0.2) is 0 Å². The quantitative estimate of drug-likeness (QED) is 0.763. The van der Waals surface area contributed by atoms with Gasteiger partial charge in [0.1, 0.15) is 0 Å². The van der Waals surface area contributed by atoms with E-state index in [2.05, 4.69) is 5.32 Å². The second-order valence-electron chi connectivity index (χ2n) is 4.18. The van der Waals surface area contributed by atoms with Gasteiger partial charge in [0.05, 0.1) is 6.10 Å². The van der Waals surface area contributed by atoms with Gasteiger partial charge < -0.3 is 10.4 Å². The van der Waals surface area contributed by atoms with Crippen LogP contribution in [0, 0.1) is 6.92 Å². The first-order chi connectivity index (χ1) is 8.08. The zero-order valence-corrected chi connectivity index (χ0v) is 10.3. The second-order valence-corrected chi connectivity index (χ2v) is 4.18. The Labute approximate surface area is 102 Å². The number of aliphatic hydroxyl groups is 1. The Morgan fingerprint density at radius 3 is 2.94 bits per heavy atom. The van der Waals surface area contributed by atoms with Crippen LogP contribution in [0.4, 0.5) is 0 Å². The van der Waals surface area contributed by atoms with E-state index in [9.17, 15) is 4.79 Å². The van der Waals surface area contributed by atoms with Crippen molar-refractivity contribution in [2.45, 2.75) is 26.4 Å². The van der Waals surface area contributed by atoms with Gasteiger partial charge in [0.25, 0.3) is 0 Å². The molecule has 1 aromatic carbocycles. The topological polar surface area (TPSA) is 49.3 Å². The monoisotopic (exact) mass is 233 g/mol.